The van der Waals surface area contributed by atoms with Gasteiger partial charge in [-0.25, -0.2) is 9.97 Å². The summed E-state index contributed by atoms with van der Waals surface area (Å²) in [7, 11) is 3.58. The molecule has 5 aromatic heterocycles. The summed E-state index contributed by atoms with van der Waals surface area (Å²) in [6.45, 7) is 0. The Morgan fingerprint density at radius 2 is 1.94 bits per heavy atom. The van der Waals surface area contributed by atoms with Gasteiger partial charge in [0.1, 0.15) is 4.83 Å². The Balaban J connectivity index is 1.59. The molecule has 1 saturated carbocycles. The Labute approximate surface area is 201 Å². The average Bonchev–Trinajstić information content (AvgIpc) is 3.47. The van der Waals surface area contributed by atoms with E-state index in [2.05, 4.69) is 15.2 Å². The van der Waals surface area contributed by atoms with Gasteiger partial charge >= 0.3 is 6.18 Å². The number of fused-ring (bicyclic) bond motifs is 2. The first-order valence-electron chi connectivity index (χ1n) is 11.2. The van der Waals surface area contributed by atoms with Crippen LogP contribution < -0.4 is 0 Å². The van der Waals surface area contributed by atoms with Crippen molar-refractivity contribution in [2.45, 2.75) is 31.0 Å². The van der Waals surface area contributed by atoms with Gasteiger partial charge in [0.15, 0.2) is 11.2 Å². The van der Waals surface area contributed by atoms with E-state index in [1.807, 2.05) is 25.4 Å². The minimum Gasteiger partial charge on any atom is -0.375 e. The van der Waals surface area contributed by atoms with E-state index in [1.165, 1.54) is 6.07 Å². The van der Waals surface area contributed by atoms with Crippen LogP contribution >= 0.6 is 11.3 Å². The molecule has 5 heterocycles. The number of alkyl halides is 3. The van der Waals surface area contributed by atoms with Gasteiger partial charge < -0.3 is 5.11 Å². The predicted octanol–water partition coefficient (Wildman–Crippen LogP) is 5.20. The third kappa shape index (κ3) is 3.36. The molecule has 1 fully saturated rings. The fourth-order valence-electron chi connectivity index (χ4n) is 4.77. The van der Waals surface area contributed by atoms with Crippen LogP contribution in [0.3, 0.4) is 0 Å². The van der Waals surface area contributed by atoms with Crippen LogP contribution in [0.15, 0.2) is 42.9 Å². The molecular weight excluding hydrogens is 477 g/mol. The van der Waals surface area contributed by atoms with Gasteiger partial charge in [-0.05, 0) is 37.1 Å². The molecule has 1 atom stereocenters. The molecule has 7 nitrogen and oxygen atoms in total. The molecule has 0 aliphatic heterocycles. The quantitative estimate of drug-likeness (QED) is 0.369. The molecule has 5 aromatic rings. The summed E-state index contributed by atoms with van der Waals surface area (Å²) >= 11 is 0.895. The average molecular weight is 499 g/mol. The lowest BCUT2D eigenvalue weighted by Gasteiger charge is -2.41. The third-order valence-corrected chi connectivity index (χ3v) is 8.03. The van der Waals surface area contributed by atoms with Crippen molar-refractivity contribution in [2.75, 3.05) is 0 Å². The number of aryl methyl sites for hydroxylation is 2. The highest BCUT2D eigenvalue weighted by Gasteiger charge is 2.61. The highest BCUT2D eigenvalue weighted by atomic mass is 32.1. The summed E-state index contributed by atoms with van der Waals surface area (Å²) < 4.78 is 46.0. The van der Waals surface area contributed by atoms with Gasteiger partial charge in [0.2, 0.25) is 0 Å². The lowest BCUT2D eigenvalue weighted by molar-refractivity contribution is -0.294. The zero-order valence-electron chi connectivity index (χ0n) is 18.9. The number of pyridine rings is 2. The largest absolute Gasteiger partial charge is 0.422 e. The van der Waals surface area contributed by atoms with Crippen molar-refractivity contribution in [2.24, 2.45) is 20.0 Å². The second-order valence-corrected chi connectivity index (χ2v) is 10.1. The molecule has 1 N–H and O–H groups in total. The van der Waals surface area contributed by atoms with Gasteiger partial charge in [-0.3, -0.25) is 9.36 Å². The van der Waals surface area contributed by atoms with Crippen LogP contribution in [0.25, 0.3) is 43.8 Å². The Bertz CT molecular complexity index is 1580. The van der Waals surface area contributed by atoms with Crippen LogP contribution in [0.4, 0.5) is 13.2 Å². The fourth-order valence-corrected chi connectivity index (χ4v) is 6.02. The highest BCUT2D eigenvalue weighted by molar-refractivity contribution is 7.18. The van der Waals surface area contributed by atoms with Crippen LogP contribution in [-0.2, 0) is 19.7 Å². The van der Waals surface area contributed by atoms with Crippen molar-refractivity contribution in [3.63, 3.8) is 0 Å². The summed E-state index contributed by atoms with van der Waals surface area (Å²) in [6.07, 6.45) is 1.72. The number of thiophene rings is 1. The molecule has 35 heavy (non-hydrogen) atoms. The second-order valence-electron chi connectivity index (χ2n) is 9.06. The molecule has 180 valence electrons. The van der Waals surface area contributed by atoms with E-state index in [1.54, 1.807) is 34.9 Å². The molecule has 1 aliphatic carbocycles. The number of halogens is 3. The number of aliphatic hydroxyl groups is 1. The Morgan fingerprint density at radius 1 is 1.14 bits per heavy atom. The minimum atomic E-state index is -4.79. The summed E-state index contributed by atoms with van der Waals surface area (Å²) in [4.78, 5) is 9.43. The Hall–Kier alpha value is -3.31. The molecular formula is C24H21F3N6OS. The maximum atomic E-state index is 14.2. The number of aromatic nitrogens is 6. The van der Waals surface area contributed by atoms with Crippen LogP contribution in [0, 0.1) is 5.92 Å². The Kier molecular flexibility index (Phi) is 4.81. The van der Waals surface area contributed by atoms with Gasteiger partial charge in [0.25, 0.3) is 0 Å². The Morgan fingerprint density at radius 3 is 2.60 bits per heavy atom. The maximum Gasteiger partial charge on any atom is 0.422 e. The van der Waals surface area contributed by atoms with E-state index in [0.717, 1.165) is 28.0 Å². The second kappa shape index (κ2) is 7.59. The van der Waals surface area contributed by atoms with Crippen molar-refractivity contribution in [1.82, 2.24) is 29.5 Å². The van der Waals surface area contributed by atoms with Crippen molar-refractivity contribution in [3.05, 3.63) is 47.7 Å². The predicted molar refractivity (Wildman–Crippen MR) is 127 cm³/mol. The summed E-state index contributed by atoms with van der Waals surface area (Å²) in [5.41, 5.74) is 0.416. The SMILES string of the molecule is Cn1cc2cc(-c3cc(-c4ccnn4C)c4cc([C@](O)(C5CCC5)C(F)(F)F)sc4n3)cnc2n1. The zero-order valence-corrected chi connectivity index (χ0v) is 19.7. The number of nitrogens with zero attached hydrogens (tertiary/aromatic N) is 6. The summed E-state index contributed by atoms with van der Waals surface area (Å²) in [5, 5.41) is 21.0. The first kappa shape index (κ1) is 22.2. The van der Waals surface area contributed by atoms with Crippen LogP contribution in [0.2, 0.25) is 0 Å². The molecule has 11 heteroatoms. The van der Waals surface area contributed by atoms with Crippen molar-refractivity contribution in [1.29, 1.82) is 0 Å². The standard InChI is InChI=1S/C24H21F3N6OS/c1-32-12-14-8-13(11-28-21(14)31-32)18-9-16(19-6-7-29-33(19)2)17-10-20(35-22(17)30-18)23(34,24(25,26)27)15-4-3-5-15/h6-12,15,34H,3-5H2,1-2H3/t23-/m1/s1. The lowest BCUT2D eigenvalue weighted by atomic mass is 9.71. The van der Waals surface area contributed by atoms with Gasteiger partial charge in [-0.2, -0.15) is 23.4 Å². The van der Waals surface area contributed by atoms with Crippen LogP contribution in [-0.4, -0.2) is 40.8 Å². The number of hydrogen-bond acceptors (Lipinski definition) is 6. The molecule has 0 amide bonds. The summed E-state index contributed by atoms with van der Waals surface area (Å²) in [5.74, 6) is -0.854. The molecule has 0 aromatic carbocycles. The van der Waals surface area contributed by atoms with E-state index in [9.17, 15) is 18.3 Å². The van der Waals surface area contributed by atoms with Crippen molar-refractivity contribution in [3.8, 4) is 22.5 Å². The topological polar surface area (TPSA) is 81.7 Å². The zero-order chi connectivity index (χ0) is 24.5. The minimum absolute atomic E-state index is 0.126. The monoisotopic (exact) mass is 498 g/mol. The molecule has 0 unspecified atom stereocenters. The molecule has 0 spiro atoms. The fraction of sp³-hybridized carbons (Fsp3) is 0.333. The van der Waals surface area contributed by atoms with Gasteiger partial charge in [0.05, 0.1) is 11.4 Å². The molecule has 1 aliphatic rings. The molecule has 6 rings (SSSR count). The first-order valence-corrected chi connectivity index (χ1v) is 12.0. The maximum absolute atomic E-state index is 14.2. The lowest BCUT2D eigenvalue weighted by Crippen LogP contribution is -2.50. The molecule has 0 saturated heterocycles. The van der Waals surface area contributed by atoms with Crippen LogP contribution in [0.5, 0.6) is 0 Å². The van der Waals surface area contributed by atoms with E-state index in [-0.39, 0.29) is 4.88 Å². The van der Waals surface area contributed by atoms with Gasteiger partial charge in [-0.1, -0.05) is 6.42 Å². The van der Waals surface area contributed by atoms with Crippen molar-refractivity contribution >= 4 is 32.6 Å². The third-order valence-electron chi connectivity index (χ3n) is 6.88. The van der Waals surface area contributed by atoms with Crippen LogP contribution in [0.1, 0.15) is 24.1 Å². The van der Waals surface area contributed by atoms with Gasteiger partial charge in [0, 0.05) is 65.4 Å². The first-order chi connectivity index (χ1) is 16.6. The van der Waals surface area contributed by atoms with E-state index < -0.39 is 17.7 Å². The van der Waals surface area contributed by atoms with E-state index in [4.69, 9.17) is 4.98 Å². The normalized spacial score (nSPS) is 16.6. The van der Waals surface area contributed by atoms with Gasteiger partial charge in [-0.15, -0.1) is 11.3 Å². The number of hydrogen-bond donors (Lipinski definition) is 1. The molecule has 0 radical (unpaired) electrons. The van der Waals surface area contributed by atoms with E-state index in [0.29, 0.717) is 46.4 Å². The highest BCUT2D eigenvalue weighted by Crippen LogP contribution is 2.54. The smallest absolute Gasteiger partial charge is 0.375 e. The van der Waals surface area contributed by atoms with Crippen molar-refractivity contribution < 1.29 is 18.3 Å². The number of rotatable bonds is 4. The summed E-state index contributed by atoms with van der Waals surface area (Å²) in [6, 6.07) is 7.00. The van der Waals surface area contributed by atoms with E-state index >= 15 is 0 Å². The molecule has 0 bridgehead atoms.